The van der Waals surface area contributed by atoms with Crippen molar-refractivity contribution in [2.24, 2.45) is 0 Å². The Morgan fingerprint density at radius 2 is 1.74 bits per heavy atom. The molecule has 34 heavy (non-hydrogen) atoms. The highest BCUT2D eigenvalue weighted by atomic mass is 19.1. The first-order chi connectivity index (χ1) is 16.4. The van der Waals surface area contributed by atoms with Gasteiger partial charge in [0.2, 0.25) is 0 Å². The Labute approximate surface area is 192 Å². The molecular weight excluding hydrogens is 448 g/mol. The van der Waals surface area contributed by atoms with E-state index < -0.39 is 29.0 Å². The van der Waals surface area contributed by atoms with Gasteiger partial charge in [0.05, 0.1) is 11.3 Å². The number of halogens is 2. The number of rotatable bonds is 8. The zero-order chi connectivity index (χ0) is 24.2. The molecule has 4 rings (SSSR count). The molecule has 0 spiro atoms. The normalized spacial score (nSPS) is 10.8. The number of carbonyl (C=O) groups is 1. The maximum Gasteiger partial charge on any atom is 0.370 e. The van der Waals surface area contributed by atoms with Crippen molar-refractivity contribution in [3.8, 4) is 17.2 Å². The van der Waals surface area contributed by atoms with Crippen LogP contribution >= 0.6 is 0 Å². The number of nitrogens with zero attached hydrogens (tertiary/aromatic N) is 5. The first kappa shape index (κ1) is 22.6. The summed E-state index contributed by atoms with van der Waals surface area (Å²) in [5.41, 5.74) is -0.977. The Bertz CT molecular complexity index is 1370. The van der Waals surface area contributed by atoms with Crippen LogP contribution in [0.4, 0.5) is 14.5 Å². The second-order valence-electron chi connectivity index (χ2n) is 7.14. The Kier molecular flexibility index (Phi) is 6.35. The van der Waals surface area contributed by atoms with Crippen LogP contribution in [-0.4, -0.2) is 37.4 Å². The summed E-state index contributed by atoms with van der Waals surface area (Å²) in [5, 5.41) is 16.8. The van der Waals surface area contributed by atoms with Crippen molar-refractivity contribution in [2.45, 2.75) is 13.6 Å². The summed E-state index contributed by atoms with van der Waals surface area (Å²) >= 11 is 0. The van der Waals surface area contributed by atoms with Crippen molar-refractivity contribution in [1.82, 2.24) is 19.8 Å². The molecule has 9 nitrogen and oxygen atoms in total. The van der Waals surface area contributed by atoms with E-state index in [2.05, 4.69) is 10.4 Å². The van der Waals surface area contributed by atoms with Crippen molar-refractivity contribution in [3.63, 3.8) is 0 Å². The molecular formula is C23H19F2N5O4. The Balaban J connectivity index is 1.70. The molecule has 3 aromatic carbocycles. The minimum Gasteiger partial charge on any atom is -0.478 e. The average molecular weight is 467 g/mol. The van der Waals surface area contributed by atoms with E-state index in [1.165, 1.54) is 18.2 Å². The zero-order valence-electron chi connectivity index (χ0n) is 17.9. The van der Waals surface area contributed by atoms with Crippen LogP contribution < -0.4 is 15.3 Å². The van der Waals surface area contributed by atoms with Crippen LogP contribution in [-0.2, 0) is 6.67 Å². The maximum atomic E-state index is 14.1. The first-order valence-corrected chi connectivity index (χ1v) is 10.2. The van der Waals surface area contributed by atoms with Gasteiger partial charge in [0.1, 0.15) is 18.1 Å². The van der Waals surface area contributed by atoms with Gasteiger partial charge >= 0.3 is 11.7 Å². The number of hydrogen-bond donors (Lipinski definition) is 1. The van der Waals surface area contributed by atoms with E-state index in [4.69, 9.17) is 4.74 Å². The Morgan fingerprint density at radius 3 is 2.38 bits per heavy atom. The van der Waals surface area contributed by atoms with Crippen LogP contribution in [0.15, 0.2) is 71.5 Å². The number of para-hydroxylation sites is 2. The van der Waals surface area contributed by atoms with Gasteiger partial charge in [0.25, 0.3) is 0 Å². The van der Waals surface area contributed by atoms with E-state index in [0.29, 0.717) is 22.7 Å². The number of ether oxygens (including phenoxy) is 1. The van der Waals surface area contributed by atoms with Crippen LogP contribution in [0.5, 0.6) is 11.5 Å². The molecule has 0 aliphatic heterocycles. The molecule has 174 valence electrons. The number of tetrazole rings is 1. The van der Waals surface area contributed by atoms with Gasteiger partial charge in [-0.05, 0) is 59.8 Å². The van der Waals surface area contributed by atoms with Gasteiger partial charge < -0.3 is 14.7 Å². The molecule has 0 aliphatic carbocycles. The fraction of sp³-hybridized carbons (Fsp3) is 0.130. The quantitative estimate of drug-likeness (QED) is 0.422. The molecule has 11 heteroatoms. The molecule has 1 aromatic heterocycles. The van der Waals surface area contributed by atoms with Crippen LogP contribution in [0, 0.1) is 11.6 Å². The molecule has 0 aliphatic rings. The van der Waals surface area contributed by atoms with Crippen molar-refractivity contribution in [3.05, 3.63) is 94.4 Å². The molecule has 0 radical (unpaired) electrons. The molecule has 1 N–H and O–H groups in total. The summed E-state index contributed by atoms with van der Waals surface area (Å²) in [6, 6.07) is 16.3. The third-order valence-corrected chi connectivity index (χ3v) is 4.99. The fourth-order valence-corrected chi connectivity index (χ4v) is 3.31. The molecule has 0 bridgehead atoms. The monoisotopic (exact) mass is 467 g/mol. The highest BCUT2D eigenvalue weighted by Crippen LogP contribution is 2.33. The highest BCUT2D eigenvalue weighted by molar-refractivity contribution is 5.89. The molecule has 0 atom stereocenters. The second kappa shape index (κ2) is 9.53. The number of aromatic nitrogens is 4. The molecule has 4 aromatic rings. The number of carboxylic acid groups (broad SMARTS) is 1. The third-order valence-electron chi connectivity index (χ3n) is 4.99. The van der Waals surface area contributed by atoms with Crippen molar-refractivity contribution in [2.75, 3.05) is 11.4 Å². The summed E-state index contributed by atoms with van der Waals surface area (Å²) in [5.74, 6) is -2.30. The fourth-order valence-electron chi connectivity index (χ4n) is 3.31. The minimum atomic E-state index is -1.13. The van der Waals surface area contributed by atoms with Gasteiger partial charge in [-0.1, -0.05) is 24.3 Å². The standard InChI is InChI=1S/C23H19F2N5O4/c1-2-28(14-29-23(33)30(27-26-29)21-17(24)9-6-10-18(21)25)19-12-11-15(22(31)32)13-20(19)34-16-7-4-3-5-8-16/h3-13H,2,14H2,1H3,(H,31,32). The van der Waals surface area contributed by atoms with E-state index in [0.717, 1.165) is 16.8 Å². The van der Waals surface area contributed by atoms with Gasteiger partial charge in [-0.25, -0.2) is 18.4 Å². The number of hydrogen-bond acceptors (Lipinski definition) is 6. The van der Waals surface area contributed by atoms with E-state index in [-0.39, 0.29) is 18.0 Å². The number of aromatic carboxylic acids is 1. The van der Waals surface area contributed by atoms with Crippen LogP contribution in [0.1, 0.15) is 17.3 Å². The number of carboxylic acids is 1. The van der Waals surface area contributed by atoms with Gasteiger partial charge in [-0.15, -0.1) is 0 Å². The van der Waals surface area contributed by atoms with E-state index in [9.17, 15) is 23.5 Å². The lowest BCUT2D eigenvalue weighted by atomic mass is 10.1. The lowest BCUT2D eigenvalue weighted by Crippen LogP contribution is -2.34. The van der Waals surface area contributed by atoms with E-state index in [1.807, 2.05) is 13.0 Å². The Morgan fingerprint density at radius 1 is 1.03 bits per heavy atom. The van der Waals surface area contributed by atoms with Crippen LogP contribution in [0.25, 0.3) is 5.69 Å². The molecule has 0 saturated heterocycles. The highest BCUT2D eigenvalue weighted by Gasteiger charge is 2.20. The summed E-state index contributed by atoms with van der Waals surface area (Å²) in [6.07, 6.45) is 0. The number of anilines is 1. The summed E-state index contributed by atoms with van der Waals surface area (Å²) in [4.78, 5) is 26.0. The van der Waals surface area contributed by atoms with Gasteiger partial charge in [0, 0.05) is 6.54 Å². The summed E-state index contributed by atoms with van der Waals surface area (Å²) in [6.45, 7) is 2.04. The van der Waals surface area contributed by atoms with Gasteiger partial charge in [-0.3, -0.25) is 0 Å². The summed E-state index contributed by atoms with van der Waals surface area (Å²) in [7, 11) is 0. The van der Waals surface area contributed by atoms with Crippen molar-refractivity contribution >= 4 is 11.7 Å². The molecule has 0 fully saturated rings. The van der Waals surface area contributed by atoms with Crippen LogP contribution in [0.3, 0.4) is 0 Å². The molecule has 1 heterocycles. The van der Waals surface area contributed by atoms with Crippen LogP contribution in [0.2, 0.25) is 0 Å². The van der Waals surface area contributed by atoms with Gasteiger partial charge in [0.15, 0.2) is 17.4 Å². The third kappa shape index (κ3) is 4.49. The Hall–Kier alpha value is -4.54. The second-order valence-corrected chi connectivity index (χ2v) is 7.14. The largest absolute Gasteiger partial charge is 0.478 e. The summed E-state index contributed by atoms with van der Waals surface area (Å²) < 4.78 is 35.7. The lowest BCUT2D eigenvalue weighted by molar-refractivity contribution is 0.0696. The topological polar surface area (TPSA) is 102 Å². The number of benzene rings is 3. The lowest BCUT2D eigenvalue weighted by Gasteiger charge is -2.25. The SMILES string of the molecule is CCN(Cn1nnn(-c2c(F)cccc2F)c1=O)c1ccc(C(=O)O)cc1Oc1ccccc1. The minimum absolute atomic E-state index is 0.0175. The predicted molar refractivity (Wildman–Crippen MR) is 118 cm³/mol. The zero-order valence-corrected chi connectivity index (χ0v) is 17.9. The maximum absolute atomic E-state index is 14.1. The first-order valence-electron chi connectivity index (χ1n) is 10.2. The average Bonchev–Trinajstić information content (AvgIpc) is 3.18. The molecule has 0 unspecified atom stereocenters. The smallest absolute Gasteiger partial charge is 0.370 e. The van der Waals surface area contributed by atoms with Crippen molar-refractivity contribution < 1.29 is 23.4 Å². The van der Waals surface area contributed by atoms with E-state index in [1.54, 1.807) is 35.2 Å². The predicted octanol–water partition coefficient (Wildman–Crippen LogP) is 3.68. The molecule has 0 amide bonds. The molecule has 0 saturated carbocycles. The van der Waals surface area contributed by atoms with E-state index >= 15 is 0 Å². The van der Waals surface area contributed by atoms with Crippen molar-refractivity contribution in [1.29, 1.82) is 0 Å². The van der Waals surface area contributed by atoms with Gasteiger partial charge in [-0.2, -0.15) is 9.36 Å².